The van der Waals surface area contributed by atoms with Crippen molar-refractivity contribution in [3.8, 4) is 11.8 Å². The maximum Gasteiger partial charge on any atom is 0.311 e. The number of nitro benzene ring substituents is 1. The number of hydrogen-bond donors (Lipinski definition) is 1. The number of benzene rings is 1. The first-order valence-corrected chi connectivity index (χ1v) is 7.15. The van der Waals surface area contributed by atoms with Gasteiger partial charge in [0.2, 0.25) is 0 Å². The standard InChI is InChI=1S/C15H21N3O3/c1-3-8-17-13(11-16)7-9-21-15-6-5-12(4-2)10-14(15)18(19)20/h5-6,10,13,17H,3-4,7-9H2,1-2H3. The number of hydrogen-bond acceptors (Lipinski definition) is 5. The highest BCUT2D eigenvalue weighted by Crippen LogP contribution is 2.28. The number of nitro groups is 1. The van der Waals surface area contributed by atoms with Crippen molar-refractivity contribution in [2.24, 2.45) is 0 Å². The maximum absolute atomic E-state index is 11.0. The summed E-state index contributed by atoms with van der Waals surface area (Å²) in [6.07, 6.45) is 2.17. The van der Waals surface area contributed by atoms with Gasteiger partial charge in [0.05, 0.1) is 23.6 Å². The molecule has 0 aromatic heterocycles. The van der Waals surface area contributed by atoms with Gasteiger partial charge >= 0.3 is 5.69 Å². The number of ether oxygens (including phenoxy) is 1. The summed E-state index contributed by atoms with van der Waals surface area (Å²) in [5.74, 6) is 0.254. The maximum atomic E-state index is 11.0. The fourth-order valence-electron chi connectivity index (χ4n) is 1.87. The van der Waals surface area contributed by atoms with Gasteiger partial charge in [-0.1, -0.05) is 19.9 Å². The van der Waals surface area contributed by atoms with Crippen LogP contribution in [-0.2, 0) is 6.42 Å². The summed E-state index contributed by atoms with van der Waals surface area (Å²) >= 11 is 0. The molecule has 6 nitrogen and oxygen atoms in total. The summed E-state index contributed by atoms with van der Waals surface area (Å²) in [7, 11) is 0. The molecule has 0 aliphatic heterocycles. The molecule has 0 aliphatic carbocycles. The lowest BCUT2D eigenvalue weighted by molar-refractivity contribution is -0.385. The number of nitrogens with one attached hydrogen (secondary N) is 1. The van der Waals surface area contributed by atoms with Gasteiger partial charge in [-0.15, -0.1) is 0 Å². The molecule has 1 N–H and O–H groups in total. The van der Waals surface area contributed by atoms with E-state index >= 15 is 0 Å². The summed E-state index contributed by atoms with van der Waals surface area (Å²) in [6, 6.07) is 6.84. The average Bonchev–Trinajstić information content (AvgIpc) is 2.50. The van der Waals surface area contributed by atoms with Gasteiger partial charge in [0, 0.05) is 12.5 Å². The van der Waals surface area contributed by atoms with Crippen molar-refractivity contribution in [3.05, 3.63) is 33.9 Å². The molecule has 0 spiro atoms. The molecule has 0 radical (unpaired) electrons. The molecule has 1 aromatic carbocycles. The highest BCUT2D eigenvalue weighted by molar-refractivity contribution is 5.48. The highest BCUT2D eigenvalue weighted by Gasteiger charge is 2.16. The smallest absolute Gasteiger partial charge is 0.311 e. The van der Waals surface area contributed by atoms with E-state index in [1.807, 2.05) is 19.9 Å². The molecule has 0 saturated heterocycles. The number of nitrogens with zero attached hydrogens (tertiary/aromatic N) is 2. The van der Waals surface area contributed by atoms with Crippen LogP contribution in [0.2, 0.25) is 0 Å². The van der Waals surface area contributed by atoms with E-state index in [1.165, 1.54) is 6.07 Å². The minimum Gasteiger partial charge on any atom is -0.487 e. The average molecular weight is 291 g/mol. The zero-order valence-corrected chi connectivity index (χ0v) is 12.5. The van der Waals surface area contributed by atoms with Crippen molar-refractivity contribution in [3.63, 3.8) is 0 Å². The lowest BCUT2D eigenvalue weighted by Gasteiger charge is -2.12. The van der Waals surface area contributed by atoms with Crippen LogP contribution in [0.4, 0.5) is 5.69 Å². The second-order valence-corrected chi connectivity index (χ2v) is 4.69. The Balaban J connectivity index is 2.62. The van der Waals surface area contributed by atoms with Gasteiger partial charge in [-0.25, -0.2) is 0 Å². The predicted molar refractivity (Wildman–Crippen MR) is 80.3 cm³/mol. The van der Waals surface area contributed by atoms with Gasteiger partial charge in [-0.3, -0.25) is 10.1 Å². The Morgan fingerprint density at radius 1 is 1.48 bits per heavy atom. The number of rotatable bonds is 9. The van der Waals surface area contributed by atoms with E-state index in [0.717, 1.165) is 24.9 Å². The van der Waals surface area contributed by atoms with Crippen molar-refractivity contribution in [2.75, 3.05) is 13.2 Å². The summed E-state index contributed by atoms with van der Waals surface area (Å²) in [6.45, 7) is 5.00. The fourth-order valence-corrected chi connectivity index (χ4v) is 1.87. The van der Waals surface area contributed by atoms with Crippen molar-refractivity contribution in [1.29, 1.82) is 5.26 Å². The second-order valence-electron chi connectivity index (χ2n) is 4.69. The van der Waals surface area contributed by atoms with Gasteiger partial charge in [0.15, 0.2) is 5.75 Å². The predicted octanol–water partition coefficient (Wildman–Crippen LogP) is 2.82. The quantitative estimate of drug-likeness (QED) is 0.558. The van der Waals surface area contributed by atoms with Crippen LogP contribution < -0.4 is 10.1 Å². The van der Waals surface area contributed by atoms with Crippen LogP contribution in [-0.4, -0.2) is 24.1 Å². The third-order valence-corrected chi connectivity index (χ3v) is 3.09. The Hall–Kier alpha value is -2.13. The number of nitriles is 1. The van der Waals surface area contributed by atoms with Gasteiger partial charge < -0.3 is 10.1 Å². The van der Waals surface area contributed by atoms with Crippen LogP contribution in [0.15, 0.2) is 18.2 Å². The van der Waals surface area contributed by atoms with Gasteiger partial charge in [0.1, 0.15) is 0 Å². The van der Waals surface area contributed by atoms with Crippen molar-refractivity contribution in [2.45, 2.75) is 39.2 Å². The lowest BCUT2D eigenvalue weighted by Crippen LogP contribution is -2.29. The minimum absolute atomic E-state index is 0.0237. The lowest BCUT2D eigenvalue weighted by atomic mass is 10.1. The van der Waals surface area contributed by atoms with E-state index in [9.17, 15) is 10.1 Å². The molecule has 0 fully saturated rings. The van der Waals surface area contributed by atoms with Crippen molar-refractivity contribution >= 4 is 5.69 Å². The Kier molecular flexibility index (Phi) is 7.19. The topological polar surface area (TPSA) is 88.2 Å². The van der Waals surface area contributed by atoms with E-state index < -0.39 is 4.92 Å². The van der Waals surface area contributed by atoms with Gasteiger partial charge in [-0.05, 0) is 31.0 Å². The summed E-state index contributed by atoms with van der Waals surface area (Å²) in [5.41, 5.74) is 0.873. The zero-order valence-electron chi connectivity index (χ0n) is 12.5. The van der Waals surface area contributed by atoms with Gasteiger partial charge in [0.25, 0.3) is 0 Å². The van der Waals surface area contributed by atoms with Crippen LogP contribution in [0, 0.1) is 21.4 Å². The summed E-state index contributed by atoms with van der Waals surface area (Å²) < 4.78 is 5.48. The Morgan fingerprint density at radius 3 is 2.81 bits per heavy atom. The molecule has 1 aromatic rings. The third kappa shape index (κ3) is 5.40. The molecular formula is C15H21N3O3. The van der Waals surface area contributed by atoms with E-state index in [1.54, 1.807) is 6.07 Å². The van der Waals surface area contributed by atoms with Crippen molar-refractivity contribution in [1.82, 2.24) is 5.32 Å². The molecule has 0 bridgehead atoms. The Bertz CT molecular complexity index is 511. The molecule has 1 rings (SSSR count). The molecule has 1 atom stereocenters. The monoisotopic (exact) mass is 291 g/mol. The molecule has 6 heteroatoms. The van der Waals surface area contributed by atoms with Crippen molar-refractivity contribution < 1.29 is 9.66 Å². The molecule has 114 valence electrons. The van der Waals surface area contributed by atoms with Gasteiger partial charge in [-0.2, -0.15) is 5.26 Å². The zero-order chi connectivity index (χ0) is 15.7. The van der Waals surface area contributed by atoms with Crippen LogP contribution in [0.1, 0.15) is 32.3 Å². The van der Waals surface area contributed by atoms with Crippen LogP contribution in [0.5, 0.6) is 5.75 Å². The van der Waals surface area contributed by atoms with Crippen LogP contribution in [0.3, 0.4) is 0 Å². The molecule has 0 aliphatic rings. The first-order valence-electron chi connectivity index (χ1n) is 7.15. The normalized spacial score (nSPS) is 11.7. The molecule has 0 heterocycles. The van der Waals surface area contributed by atoms with E-state index in [0.29, 0.717) is 6.42 Å². The SMILES string of the molecule is CCCNC(C#N)CCOc1ccc(CC)cc1[N+](=O)[O-]. The largest absolute Gasteiger partial charge is 0.487 e. The van der Waals surface area contributed by atoms with Crippen LogP contribution in [0.25, 0.3) is 0 Å². The molecule has 0 amide bonds. The molecular weight excluding hydrogens is 270 g/mol. The fraction of sp³-hybridized carbons (Fsp3) is 0.533. The van der Waals surface area contributed by atoms with Crippen LogP contribution >= 0.6 is 0 Å². The van der Waals surface area contributed by atoms with E-state index in [4.69, 9.17) is 10.00 Å². The Morgan fingerprint density at radius 2 is 2.24 bits per heavy atom. The molecule has 1 unspecified atom stereocenters. The first-order chi connectivity index (χ1) is 10.1. The number of aryl methyl sites for hydroxylation is 1. The van der Waals surface area contributed by atoms with E-state index in [2.05, 4.69) is 11.4 Å². The Labute approximate surface area is 124 Å². The van der Waals surface area contributed by atoms with E-state index in [-0.39, 0.29) is 24.1 Å². The second kappa shape index (κ2) is 8.93. The summed E-state index contributed by atoms with van der Waals surface area (Å²) in [5, 5.41) is 23.1. The molecule has 21 heavy (non-hydrogen) atoms. The summed E-state index contributed by atoms with van der Waals surface area (Å²) in [4.78, 5) is 10.6. The first kappa shape index (κ1) is 16.9. The highest BCUT2D eigenvalue weighted by atomic mass is 16.6. The molecule has 0 saturated carbocycles. The third-order valence-electron chi connectivity index (χ3n) is 3.09. The minimum atomic E-state index is -0.439.